The second-order valence-corrected chi connectivity index (χ2v) is 6.35. The summed E-state index contributed by atoms with van der Waals surface area (Å²) in [4.78, 5) is 11.1. The molecule has 0 radical (unpaired) electrons. The molecule has 24 heavy (non-hydrogen) atoms. The Morgan fingerprint density at radius 3 is 2.79 bits per heavy atom. The van der Waals surface area contributed by atoms with E-state index < -0.39 is 0 Å². The second-order valence-electron chi connectivity index (χ2n) is 6.35. The summed E-state index contributed by atoms with van der Waals surface area (Å²) in [7, 11) is 0. The number of hydrogen-bond acceptors (Lipinski definition) is 5. The molecule has 2 aromatic heterocycles. The van der Waals surface area contributed by atoms with Crippen molar-refractivity contribution in [2.45, 2.75) is 25.3 Å². The van der Waals surface area contributed by atoms with E-state index in [2.05, 4.69) is 60.7 Å². The van der Waals surface area contributed by atoms with Gasteiger partial charge in [0.15, 0.2) is 5.65 Å². The number of rotatable bonds is 5. The Labute approximate surface area is 141 Å². The minimum absolute atomic E-state index is 0.464. The number of hydrogen-bond donors (Lipinski definition) is 2. The summed E-state index contributed by atoms with van der Waals surface area (Å²) in [6, 6.07) is 11.2. The summed E-state index contributed by atoms with van der Waals surface area (Å²) in [5, 5.41) is 11.5. The Hall–Kier alpha value is -2.47. The maximum absolute atomic E-state index is 4.37. The van der Waals surface area contributed by atoms with Crippen LogP contribution in [0.15, 0.2) is 42.9 Å². The summed E-state index contributed by atoms with van der Waals surface area (Å²) in [5.41, 5.74) is 2.20. The Morgan fingerprint density at radius 2 is 1.96 bits per heavy atom. The molecule has 1 aromatic carbocycles. The third-order valence-corrected chi connectivity index (χ3v) is 4.74. The Kier molecular flexibility index (Phi) is 4.38. The van der Waals surface area contributed by atoms with Gasteiger partial charge in [0.05, 0.1) is 11.6 Å². The number of nitrogens with zero attached hydrogens (tertiary/aromatic N) is 4. The van der Waals surface area contributed by atoms with Crippen molar-refractivity contribution in [2.75, 3.05) is 25.0 Å². The van der Waals surface area contributed by atoms with E-state index in [1.54, 1.807) is 12.5 Å². The van der Waals surface area contributed by atoms with Crippen molar-refractivity contribution in [3.8, 4) is 0 Å². The molecular weight excluding hydrogens is 300 g/mol. The molecule has 1 aliphatic heterocycles. The number of H-pyrrole nitrogens is 1. The highest BCUT2D eigenvalue weighted by atomic mass is 15.2. The molecule has 0 aliphatic carbocycles. The number of piperidine rings is 1. The van der Waals surface area contributed by atoms with Crippen molar-refractivity contribution < 1.29 is 0 Å². The quantitative estimate of drug-likeness (QED) is 0.755. The first-order valence-corrected chi connectivity index (χ1v) is 8.55. The highest BCUT2D eigenvalue weighted by Gasteiger charge is 2.20. The van der Waals surface area contributed by atoms with E-state index in [1.807, 2.05) is 0 Å². The van der Waals surface area contributed by atoms with Gasteiger partial charge in [-0.3, -0.25) is 5.10 Å². The first-order chi connectivity index (χ1) is 11.9. The van der Waals surface area contributed by atoms with Crippen molar-refractivity contribution >= 4 is 16.9 Å². The third-order valence-electron chi connectivity index (χ3n) is 4.74. The summed E-state index contributed by atoms with van der Waals surface area (Å²) < 4.78 is 0. The summed E-state index contributed by atoms with van der Waals surface area (Å²) in [6.45, 7) is 3.39. The second kappa shape index (κ2) is 6.97. The minimum Gasteiger partial charge on any atom is -0.367 e. The Morgan fingerprint density at radius 1 is 1.12 bits per heavy atom. The van der Waals surface area contributed by atoms with E-state index in [-0.39, 0.29) is 0 Å². The molecule has 1 fully saturated rings. The zero-order valence-corrected chi connectivity index (χ0v) is 13.7. The molecule has 0 saturated carbocycles. The van der Waals surface area contributed by atoms with E-state index in [1.165, 1.54) is 5.56 Å². The van der Waals surface area contributed by atoms with E-state index >= 15 is 0 Å². The number of benzene rings is 1. The predicted molar refractivity (Wildman–Crippen MR) is 94.9 cm³/mol. The van der Waals surface area contributed by atoms with Crippen molar-refractivity contribution in [1.29, 1.82) is 0 Å². The molecule has 0 unspecified atom stereocenters. The van der Waals surface area contributed by atoms with Gasteiger partial charge in [0.2, 0.25) is 0 Å². The molecule has 4 rings (SSSR count). The molecule has 3 aromatic rings. The fourth-order valence-electron chi connectivity index (χ4n) is 3.31. The number of likely N-dealkylation sites (tertiary alicyclic amines) is 1. The van der Waals surface area contributed by atoms with Crippen molar-refractivity contribution in [1.82, 2.24) is 25.1 Å². The van der Waals surface area contributed by atoms with E-state index in [0.717, 1.165) is 55.7 Å². The van der Waals surface area contributed by atoms with Crippen LogP contribution in [-0.4, -0.2) is 50.7 Å². The number of fused-ring (bicyclic) bond motifs is 1. The van der Waals surface area contributed by atoms with Crippen LogP contribution in [0.4, 0.5) is 5.82 Å². The standard InChI is InChI=1S/C18H22N6/c1-2-4-14(5-3-1)6-9-24-10-7-15(8-11-24)22-17-16-12-21-23-18(16)20-13-19-17/h1-5,12-13,15H,6-11H2,(H2,19,20,21,22,23). The van der Waals surface area contributed by atoms with Crippen LogP contribution >= 0.6 is 0 Å². The zero-order valence-electron chi connectivity index (χ0n) is 13.7. The molecule has 1 saturated heterocycles. The van der Waals surface area contributed by atoms with Crippen LogP contribution in [0.3, 0.4) is 0 Å². The topological polar surface area (TPSA) is 69.7 Å². The number of aromatic nitrogens is 4. The average Bonchev–Trinajstić information content (AvgIpc) is 3.12. The average molecular weight is 322 g/mol. The Bertz CT molecular complexity index is 776. The van der Waals surface area contributed by atoms with Gasteiger partial charge in [-0.2, -0.15) is 5.10 Å². The lowest BCUT2D eigenvalue weighted by Gasteiger charge is -2.32. The molecule has 2 N–H and O–H groups in total. The van der Waals surface area contributed by atoms with E-state index in [0.29, 0.717) is 6.04 Å². The monoisotopic (exact) mass is 322 g/mol. The molecule has 6 nitrogen and oxygen atoms in total. The fraction of sp³-hybridized carbons (Fsp3) is 0.389. The number of nitrogens with one attached hydrogen (secondary N) is 2. The van der Waals surface area contributed by atoms with Crippen molar-refractivity contribution in [3.63, 3.8) is 0 Å². The van der Waals surface area contributed by atoms with Crippen LogP contribution in [-0.2, 0) is 6.42 Å². The SMILES string of the molecule is c1ccc(CCN2CCC(Nc3ncnc4[nH]ncc34)CC2)cc1. The van der Waals surface area contributed by atoms with Gasteiger partial charge in [-0.1, -0.05) is 30.3 Å². The van der Waals surface area contributed by atoms with E-state index in [9.17, 15) is 0 Å². The van der Waals surface area contributed by atoms with Gasteiger partial charge in [-0.15, -0.1) is 0 Å². The van der Waals surface area contributed by atoms with Crippen molar-refractivity contribution in [2.24, 2.45) is 0 Å². The molecule has 0 bridgehead atoms. The van der Waals surface area contributed by atoms with Crippen LogP contribution in [0, 0.1) is 0 Å². The smallest absolute Gasteiger partial charge is 0.160 e. The number of aromatic amines is 1. The van der Waals surface area contributed by atoms with Gasteiger partial charge in [0.1, 0.15) is 12.1 Å². The predicted octanol–water partition coefficient (Wildman–Crippen LogP) is 2.47. The molecule has 6 heteroatoms. The largest absolute Gasteiger partial charge is 0.367 e. The molecular formula is C18H22N6. The number of anilines is 1. The molecule has 0 spiro atoms. The molecule has 0 amide bonds. The highest BCUT2D eigenvalue weighted by Crippen LogP contribution is 2.20. The van der Waals surface area contributed by atoms with Gasteiger partial charge < -0.3 is 10.2 Å². The van der Waals surface area contributed by atoms with Crippen LogP contribution in [0.1, 0.15) is 18.4 Å². The molecule has 3 heterocycles. The lowest BCUT2D eigenvalue weighted by atomic mass is 10.0. The molecule has 124 valence electrons. The summed E-state index contributed by atoms with van der Waals surface area (Å²) in [6.07, 6.45) is 6.77. The van der Waals surface area contributed by atoms with Gasteiger partial charge >= 0.3 is 0 Å². The van der Waals surface area contributed by atoms with E-state index in [4.69, 9.17) is 0 Å². The van der Waals surface area contributed by atoms with Crippen LogP contribution < -0.4 is 5.32 Å². The van der Waals surface area contributed by atoms with Crippen molar-refractivity contribution in [3.05, 3.63) is 48.4 Å². The lowest BCUT2D eigenvalue weighted by molar-refractivity contribution is 0.221. The fourth-order valence-corrected chi connectivity index (χ4v) is 3.31. The van der Waals surface area contributed by atoms with Crippen LogP contribution in [0.5, 0.6) is 0 Å². The minimum atomic E-state index is 0.464. The van der Waals surface area contributed by atoms with Gasteiger partial charge in [0, 0.05) is 25.7 Å². The van der Waals surface area contributed by atoms with Crippen LogP contribution in [0.2, 0.25) is 0 Å². The maximum Gasteiger partial charge on any atom is 0.160 e. The highest BCUT2D eigenvalue weighted by molar-refractivity contribution is 5.85. The van der Waals surface area contributed by atoms with Gasteiger partial charge in [-0.05, 0) is 24.8 Å². The van der Waals surface area contributed by atoms with Gasteiger partial charge in [-0.25, -0.2) is 9.97 Å². The molecule has 1 aliphatic rings. The first-order valence-electron chi connectivity index (χ1n) is 8.55. The van der Waals surface area contributed by atoms with Gasteiger partial charge in [0.25, 0.3) is 0 Å². The third kappa shape index (κ3) is 3.38. The molecule has 0 atom stereocenters. The summed E-state index contributed by atoms with van der Waals surface area (Å²) >= 11 is 0. The first kappa shape index (κ1) is 15.1. The maximum atomic E-state index is 4.37. The van der Waals surface area contributed by atoms with Crippen LogP contribution in [0.25, 0.3) is 11.0 Å². The zero-order chi connectivity index (χ0) is 16.2. The normalized spacial score (nSPS) is 16.5. The lowest BCUT2D eigenvalue weighted by Crippen LogP contribution is -2.40. The summed E-state index contributed by atoms with van der Waals surface area (Å²) in [5.74, 6) is 0.886. The Balaban J connectivity index is 1.29.